The van der Waals surface area contributed by atoms with Crippen molar-refractivity contribution in [3.8, 4) is 0 Å². The molecule has 0 aliphatic carbocycles. The summed E-state index contributed by atoms with van der Waals surface area (Å²) >= 11 is 0. The van der Waals surface area contributed by atoms with Crippen LogP contribution in [0.15, 0.2) is 12.5 Å². The zero-order valence-corrected chi connectivity index (χ0v) is 9.23. The highest BCUT2D eigenvalue weighted by molar-refractivity contribution is 5.68. The lowest BCUT2D eigenvalue weighted by Gasteiger charge is -2.08. The van der Waals surface area contributed by atoms with E-state index in [9.17, 15) is 4.79 Å². The molecule has 0 saturated carbocycles. The van der Waals surface area contributed by atoms with Crippen molar-refractivity contribution in [1.82, 2.24) is 15.3 Å². The first-order chi connectivity index (χ1) is 7.74. The molecule has 16 heavy (non-hydrogen) atoms. The topological polar surface area (TPSA) is 87.1 Å². The number of carboxylic acids is 1. The highest BCUT2D eigenvalue weighted by atomic mass is 16.4. The van der Waals surface area contributed by atoms with E-state index in [1.807, 2.05) is 6.92 Å². The van der Waals surface area contributed by atoms with Crippen molar-refractivity contribution in [2.75, 3.05) is 25.0 Å². The number of aliphatic carboxylic acids is 1. The Balaban J connectivity index is 2.28. The highest BCUT2D eigenvalue weighted by Crippen LogP contribution is 2.09. The van der Waals surface area contributed by atoms with Gasteiger partial charge in [-0.05, 0) is 6.42 Å². The molecule has 6 heteroatoms. The standard InChI is InChI=1S/C10H16N4O2/c1-2-8-5-12-7-14-10(8)13-4-3-11-6-9(15)16/h5,7,11H,2-4,6H2,1H3,(H,15,16)(H,12,13,14). The van der Waals surface area contributed by atoms with Gasteiger partial charge >= 0.3 is 5.97 Å². The van der Waals surface area contributed by atoms with E-state index < -0.39 is 5.97 Å². The summed E-state index contributed by atoms with van der Waals surface area (Å²) in [5.74, 6) is -0.0362. The van der Waals surface area contributed by atoms with Crippen molar-refractivity contribution in [3.63, 3.8) is 0 Å². The number of aryl methyl sites for hydroxylation is 1. The van der Waals surface area contributed by atoms with Crippen LogP contribution in [-0.2, 0) is 11.2 Å². The van der Waals surface area contributed by atoms with Crippen LogP contribution >= 0.6 is 0 Å². The van der Waals surface area contributed by atoms with Crippen LogP contribution in [0.2, 0.25) is 0 Å². The van der Waals surface area contributed by atoms with Gasteiger partial charge in [-0.25, -0.2) is 9.97 Å². The maximum atomic E-state index is 10.2. The number of anilines is 1. The SMILES string of the molecule is CCc1cncnc1NCCNCC(=O)O. The lowest BCUT2D eigenvalue weighted by atomic mass is 10.2. The number of carboxylic acid groups (broad SMARTS) is 1. The number of carbonyl (C=O) groups is 1. The van der Waals surface area contributed by atoms with Gasteiger partial charge in [0.05, 0.1) is 6.54 Å². The summed E-state index contributed by atoms with van der Waals surface area (Å²) in [4.78, 5) is 18.3. The Bertz CT molecular complexity index is 343. The van der Waals surface area contributed by atoms with E-state index in [1.54, 1.807) is 6.20 Å². The number of hydrogen-bond acceptors (Lipinski definition) is 5. The molecule has 0 unspecified atom stereocenters. The van der Waals surface area contributed by atoms with Crippen LogP contribution in [0.1, 0.15) is 12.5 Å². The second-order valence-electron chi connectivity index (χ2n) is 3.25. The van der Waals surface area contributed by atoms with Crippen LogP contribution < -0.4 is 10.6 Å². The minimum absolute atomic E-state index is 0.0217. The first-order valence-electron chi connectivity index (χ1n) is 5.19. The van der Waals surface area contributed by atoms with Crippen molar-refractivity contribution in [3.05, 3.63) is 18.1 Å². The van der Waals surface area contributed by atoms with Gasteiger partial charge in [-0.1, -0.05) is 6.92 Å². The molecule has 0 amide bonds. The quantitative estimate of drug-likeness (QED) is 0.570. The fourth-order valence-corrected chi connectivity index (χ4v) is 1.24. The molecule has 0 spiro atoms. The van der Waals surface area contributed by atoms with E-state index in [0.717, 1.165) is 17.8 Å². The molecule has 0 radical (unpaired) electrons. The van der Waals surface area contributed by atoms with Gasteiger partial charge in [-0.15, -0.1) is 0 Å². The van der Waals surface area contributed by atoms with E-state index in [-0.39, 0.29) is 6.54 Å². The molecule has 6 nitrogen and oxygen atoms in total. The zero-order valence-electron chi connectivity index (χ0n) is 9.23. The van der Waals surface area contributed by atoms with Crippen LogP contribution in [0.4, 0.5) is 5.82 Å². The fraction of sp³-hybridized carbons (Fsp3) is 0.500. The summed E-state index contributed by atoms with van der Waals surface area (Å²) in [6.45, 7) is 3.23. The molecule has 88 valence electrons. The summed E-state index contributed by atoms with van der Waals surface area (Å²) in [7, 11) is 0. The predicted molar refractivity (Wildman–Crippen MR) is 60.4 cm³/mol. The molecule has 0 saturated heterocycles. The Kier molecular flexibility index (Phi) is 5.21. The third kappa shape index (κ3) is 4.22. The second kappa shape index (κ2) is 6.73. The average Bonchev–Trinajstić information content (AvgIpc) is 2.29. The highest BCUT2D eigenvalue weighted by Gasteiger charge is 2.00. The van der Waals surface area contributed by atoms with Gasteiger partial charge in [0.2, 0.25) is 0 Å². The average molecular weight is 224 g/mol. The molecule has 1 aromatic rings. The summed E-state index contributed by atoms with van der Waals surface area (Å²) in [6, 6.07) is 0. The molecule has 0 bridgehead atoms. The third-order valence-electron chi connectivity index (χ3n) is 2.04. The van der Waals surface area contributed by atoms with E-state index in [1.165, 1.54) is 6.33 Å². The van der Waals surface area contributed by atoms with Crippen molar-refractivity contribution >= 4 is 11.8 Å². The molecular weight excluding hydrogens is 208 g/mol. The molecular formula is C10H16N4O2. The fourth-order valence-electron chi connectivity index (χ4n) is 1.24. The van der Waals surface area contributed by atoms with Crippen molar-refractivity contribution in [1.29, 1.82) is 0 Å². The monoisotopic (exact) mass is 224 g/mol. The van der Waals surface area contributed by atoms with Crippen molar-refractivity contribution < 1.29 is 9.90 Å². The van der Waals surface area contributed by atoms with E-state index in [4.69, 9.17) is 5.11 Å². The largest absolute Gasteiger partial charge is 0.480 e. The first-order valence-corrected chi connectivity index (χ1v) is 5.19. The number of rotatable bonds is 7. The molecule has 1 heterocycles. The molecule has 3 N–H and O–H groups in total. The lowest BCUT2D eigenvalue weighted by Crippen LogP contribution is -2.28. The first kappa shape index (κ1) is 12.4. The second-order valence-corrected chi connectivity index (χ2v) is 3.25. The molecule has 0 atom stereocenters. The Morgan fingerprint density at radius 1 is 1.50 bits per heavy atom. The summed E-state index contributed by atoms with van der Waals surface area (Å²) < 4.78 is 0. The minimum Gasteiger partial charge on any atom is -0.480 e. The van der Waals surface area contributed by atoms with Crippen LogP contribution in [0.5, 0.6) is 0 Å². The number of nitrogens with zero attached hydrogens (tertiary/aromatic N) is 2. The molecule has 0 aromatic carbocycles. The van der Waals surface area contributed by atoms with Crippen LogP contribution in [0.3, 0.4) is 0 Å². The third-order valence-corrected chi connectivity index (χ3v) is 2.04. The Labute approximate surface area is 94.1 Å². The van der Waals surface area contributed by atoms with E-state index in [0.29, 0.717) is 13.1 Å². The van der Waals surface area contributed by atoms with Crippen LogP contribution in [0, 0.1) is 0 Å². The summed E-state index contributed by atoms with van der Waals surface area (Å²) in [5, 5.41) is 14.3. The lowest BCUT2D eigenvalue weighted by molar-refractivity contribution is -0.135. The van der Waals surface area contributed by atoms with Gasteiger partial charge in [-0.2, -0.15) is 0 Å². The van der Waals surface area contributed by atoms with Crippen molar-refractivity contribution in [2.24, 2.45) is 0 Å². The molecule has 0 fully saturated rings. The van der Waals surface area contributed by atoms with Gasteiger partial charge in [0.25, 0.3) is 0 Å². The van der Waals surface area contributed by atoms with Gasteiger partial charge in [0.15, 0.2) is 0 Å². The predicted octanol–water partition coefficient (Wildman–Crippen LogP) is 0.125. The molecule has 0 aliphatic rings. The minimum atomic E-state index is -0.851. The van der Waals surface area contributed by atoms with Gasteiger partial charge < -0.3 is 15.7 Å². The van der Waals surface area contributed by atoms with E-state index >= 15 is 0 Å². The van der Waals surface area contributed by atoms with Gasteiger partial charge in [0.1, 0.15) is 12.1 Å². The summed E-state index contributed by atoms with van der Waals surface area (Å²) in [6.07, 6.45) is 4.14. The number of aromatic nitrogens is 2. The van der Waals surface area contributed by atoms with Crippen molar-refractivity contribution in [2.45, 2.75) is 13.3 Å². The molecule has 0 aliphatic heterocycles. The van der Waals surface area contributed by atoms with Gasteiger partial charge in [-0.3, -0.25) is 4.79 Å². The Morgan fingerprint density at radius 2 is 2.31 bits per heavy atom. The Hall–Kier alpha value is -1.69. The van der Waals surface area contributed by atoms with E-state index in [2.05, 4.69) is 20.6 Å². The maximum Gasteiger partial charge on any atom is 0.317 e. The van der Waals surface area contributed by atoms with Gasteiger partial charge in [0, 0.05) is 24.8 Å². The molecule has 1 rings (SSSR count). The smallest absolute Gasteiger partial charge is 0.317 e. The summed E-state index contributed by atoms with van der Waals surface area (Å²) in [5.41, 5.74) is 1.06. The normalized spacial score (nSPS) is 10.1. The zero-order chi connectivity index (χ0) is 11.8. The van der Waals surface area contributed by atoms with Crippen LogP contribution in [-0.4, -0.2) is 40.7 Å². The number of nitrogens with one attached hydrogen (secondary N) is 2. The molecule has 1 aromatic heterocycles. The number of hydrogen-bond donors (Lipinski definition) is 3. The maximum absolute atomic E-state index is 10.2. The Morgan fingerprint density at radius 3 is 3.00 bits per heavy atom. The van der Waals surface area contributed by atoms with Crippen LogP contribution in [0.25, 0.3) is 0 Å².